The van der Waals surface area contributed by atoms with Gasteiger partial charge >= 0.3 is 0 Å². The van der Waals surface area contributed by atoms with Crippen molar-refractivity contribution in [3.8, 4) is 0 Å². The molecule has 1 amide bonds. The minimum Gasteiger partial charge on any atom is -0.354 e. The minimum atomic E-state index is -0.0739. The number of rotatable bonds is 4. The summed E-state index contributed by atoms with van der Waals surface area (Å²) in [7, 11) is 0. The van der Waals surface area contributed by atoms with E-state index in [4.69, 9.17) is 0 Å². The maximum absolute atomic E-state index is 12.4. The van der Waals surface area contributed by atoms with Crippen LogP contribution in [-0.4, -0.2) is 18.5 Å². The van der Waals surface area contributed by atoms with Crippen LogP contribution in [0, 0.1) is 5.41 Å². The Bertz CT molecular complexity index is 506. The number of benzene rings is 1. The molecule has 0 bridgehead atoms. The lowest BCUT2D eigenvalue weighted by Gasteiger charge is -2.30. The van der Waals surface area contributed by atoms with Gasteiger partial charge in [-0.3, -0.25) is 4.79 Å². The van der Waals surface area contributed by atoms with Crippen molar-refractivity contribution in [3.63, 3.8) is 0 Å². The number of carbonyl (C=O) groups excluding carboxylic acids is 1. The van der Waals surface area contributed by atoms with Crippen molar-refractivity contribution in [2.45, 2.75) is 58.0 Å². The first-order valence-electron chi connectivity index (χ1n) is 8.30. The molecule has 1 aliphatic carbocycles. The molecule has 3 nitrogen and oxygen atoms in total. The van der Waals surface area contributed by atoms with Gasteiger partial charge in [-0.1, -0.05) is 44.0 Å². The van der Waals surface area contributed by atoms with Crippen LogP contribution in [0.25, 0.3) is 0 Å². The molecule has 1 fully saturated rings. The van der Waals surface area contributed by atoms with Gasteiger partial charge < -0.3 is 10.6 Å². The molecule has 1 aromatic carbocycles. The van der Waals surface area contributed by atoms with Gasteiger partial charge in [0.2, 0.25) is 5.91 Å². The summed E-state index contributed by atoms with van der Waals surface area (Å²) in [4.78, 5) is 12.4. The number of amides is 1. The molecule has 2 N–H and O–H groups in total. The fourth-order valence-corrected chi connectivity index (χ4v) is 3.82. The molecule has 1 heterocycles. The first-order valence-corrected chi connectivity index (χ1v) is 8.30. The average molecular weight is 286 g/mol. The first-order chi connectivity index (χ1) is 10.2. The molecule has 3 heteroatoms. The van der Waals surface area contributed by atoms with Crippen molar-refractivity contribution in [2.75, 3.05) is 6.54 Å². The normalized spacial score (nSPS) is 23.6. The van der Waals surface area contributed by atoms with E-state index >= 15 is 0 Å². The van der Waals surface area contributed by atoms with Gasteiger partial charge in [-0.05, 0) is 42.2 Å². The van der Waals surface area contributed by atoms with Crippen molar-refractivity contribution < 1.29 is 4.79 Å². The van der Waals surface area contributed by atoms with Crippen LogP contribution in [0.3, 0.4) is 0 Å². The Labute approximate surface area is 127 Å². The van der Waals surface area contributed by atoms with E-state index in [1.807, 2.05) is 0 Å². The number of fused-ring (bicyclic) bond motifs is 1. The van der Waals surface area contributed by atoms with Gasteiger partial charge in [0.15, 0.2) is 0 Å². The van der Waals surface area contributed by atoms with Crippen LogP contribution < -0.4 is 10.6 Å². The number of carbonyl (C=O) groups is 1. The maximum Gasteiger partial charge on any atom is 0.237 e. The van der Waals surface area contributed by atoms with Gasteiger partial charge in [0.05, 0.1) is 6.04 Å². The predicted octanol–water partition coefficient (Wildman–Crippen LogP) is 2.79. The largest absolute Gasteiger partial charge is 0.354 e. The maximum atomic E-state index is 12.4. The molecule has 0 radical (unpaired) electrons. The highest BCUT2D eigenvalue weighted by molar-refractivity contribution is 5.82. The molecule has 0 aromatic heterocycles. The van der Waals surface area contributed by atoms with Gasteiger partial charge in [-0.25, -0.2) is 0 Å². The van der Waals surface area contributed by atoms with Crippen molar-refractivity contribution >= 4 is 5.91 Å². The molecule has 1 aliphatic heterocycles. The Morgan fingerprint density at radius 3 is 2.71 bits per heavy atom. The highest BCUT2D eigenvalue weighted by atomic mass is 16.2. The Balaban J connectivity index is 1.57. The smallest absolute Gasteiger partial charge is 0.237 e. The molecule has 0 unspecified atom stereocenters. The van der Waals surface area contributed by atoms with Gasteiger partial charge in [0, 0.05) is 13.1 Å². The molecular formula is C18H26N2O. The number of nitrogens with one attached hydrogen (secondary N) is 2. The van der Waals surface area contributed by atoms with Crippen molar-refractivity contribution in [3.05, 3.63) is 35.4 Å². The van der Waals surface area contributed by atoms with E-state index in [1.54, 1.807) is 0 Å². The predicted molar refractivity (Wildman–Crippen MR) is 85.0 cm³/mol. The molecule has 0 saturated heterocycles. The van der Waals surface area contributed by atoms with Crippen LogP contribution in [0.1, 0.15) is 50.2 Å². The fourth-order valence-electron chi connectivity index (χ4n) is 3.82. The van der Waals surface area contributed by atoms with E-state index in [2.05, 4.69) is 41.8 Å². The van der Waals surface area contributed by atoms with Crippen LogP contribution in [-0.2, 0) is 17.8 Å². The summed E-state index contributed by atoms with van der Waals surface area (Å²) in [6.45, 7) is 3.90. The van der Waals surface area contributed by atoms with Gasteiger partial charge in [0.1, 0.15) is 0 Å². The first kappa shape index (κ1) is 14.6. The summed E-state index contributed by atoms with van der Waals surface area (Å²) >= 11 is 0. The minimum absolute atomic E-state index is 0.0739. The molecule has 1 aromatic rings. The summed E-state index contributed by atoms with van der Waals surface area (Å²) < 4.78 is 0. The average Bonchev–Trinajstić information content (AvgIpc) is 3.01. The molecule has 21 heavy (non-hydrogen) atoms. The summed E-state index contributed by atoms with van der Waals surface area (Å²) in [5.74, 6) is 0.171. The van der Waals surface area contributed by atoms with E-state index in [1.165, 1.54) is 43.2 Å². The molecule has 3 rings (SSSR count). The van der Waals surface area contributed by atoms with Crippen LogP contribution in [0.2, 0.25) is 0 Å². The highest BCUT2D eigenvalue weighted by Gasteiger charge is 2.33. The third-order valence-electron chi connectivity index (χ3n) is 5.45. The lowest BCUT2D eigenvalue weighted by atomic mass is 9.83. The zero-order valence-corrected chi connectivity index (χ0v) is 13.0. The molecule has 0 spiro atoms. The summed E-state index contributed by atoms with van der Waals surface area (Å²) in [5, 5.41) is 6.58. The molecule has 2 aliphatic rings. The van der Waals surface area contributed by atoms with Crippen molar-refractivity contribution in [1.82, 2.24) is 10.6 Å². The van der Waals surface area contributed by atoms with Crippen LogP contribution in [0.4, 0.5) is 0 Å². The molecule has 114 valence electrons. The Hall–Kier alpha value is -1.35. The van der Waals surface area contributed by atoms with Gasteiger partial charge in [-0.15, -0.1) is 0 Å². The second-order valence-electron chi connectivity index (χ2n) is 6.68. The van der Waals surface area contributed by atoms with Crippen molar-refractivity contribution in [1.29, 1.82) is 0 Å². The zero-order valence-electron chi connectivity index (χ0n) is 13.0. The topological polar surface area (TPSA) is 41.1 Å². The number of hydrogen-bond acceptors (Lipinski definition) is 2. The van der Waals surface area contributed by atoms with Crippen LogP contribution >= 0.6 is 0 Å². The van der Waals surface area contributed by atoms with E-state index in [9.17, 15) is 4.79 Å². The standard InChI is InChI=1S/C18H26N2O/c1-2-18(9-5-6-10-18)13-20-17(21)16-11-14-7-3-4-8-15(14)12-19-16/h3-4,7-8,16,19H,2,5-6,9-13H2,1H3,(H,20,21)/t16-/m0/s1. The SMILES string of the molecule is CCC1(CNC(=O)[C@@H]2Cc3ccccc3CN2)CCCC1. The van der Waals surface area contributed by atoms with E-state index in [-0.39, 0.29) is 11.9 Å². The highest BCUT2D eigenvalue weighted by Crippen LogP contribution is 2.40. The third kappa shape index (κ3) is 3.13. The van der Waals surface area contributed by atoms with Crippen LogP contribution in [0.15, 0.2) is 24.3 Å². The fraction of sp³-hybridized carbons (Fsp3) is 0.611. The number of hydrogen-bond donors (Lipinski definition) is 2. The van der Waals surface area contributed by atoms with Crippen LogP contribution in [0.5, 0.6) is 0 Å². The van der Waals surface area contributed by atoms with Gasteiger partial charge in [0.25, 0.3) is 0 Å². The second kappa shape index (κ2) is 6.18. The quantitative estimate of drug-likeness (QED) is 0.893. The zero-order chi connectivity index (χ0) is 14.7. The van der Waals surface area contributed by atoms with E-state index in [0.717, 1.165) is 19.5 Å². The van der Waals surface area contributed by atoms with E-state index < -0.39 is 0 Å². The Kier molecular flexibility index (Phi) is 4.29. The lowest BCUT2D eigenvalue weighted by molar-refractivity contribution is -0.123. The third-order valence-corrected chi connectivity index (χ3v) is 5.45. The lowest BCUT2D eigenvalue weighted by Crippen LogP contribution is -2.49. The summed E-state index contributed by atoms with van der Waals surface area (Å²) in [5.41, 5.74) is 2.99. The Morgan fingerprint density at radius 2 is 2.00 bits per heavy atom. The molecular weight excluding hydrogens is 260 g/mol. The summed E-state index contributed by atoms with van der Waals surface area (Å²) in [6.07, 6.45) is 7.16. The Morgan fingerprint density at radius 1 is 1.29 bits per heavy atom. The van der Waals surface area contributed by atoms with Crippen molar-refractivity contribution in [2.24, 2.45) is 5.41 Å². The second-order valence-corrected chi connectivity index (χ2v) is 6.68. The van der Waals surface area contributed by atoms with Gasteiger partial charge in [-0.2, -0.15) is 0 Å². The summed E-state index contributed by atoms with van der Waals surface area (Å²) in [6, 6.07) is 8.33. The molecule has 1 saturated carbocycles. The monoisotopic (exact) mass is 286 g/mol. The molecule has 1 atom stereocenters. The van der Waals surface area contributed by atoms with E-state index in [0.29, 0.717) is 5.41 Å².